The fourth-order valence-corrected chi connectivity index (χ4v) is 1.81. The van der Waals surface area contributed by atoms with Gasteiger partial charge < -0.3 is 14.8 Å². The van der Waals surface area contributed by atoms with Crippen LogP contribution in [0.1, 0.15) is 18.4 Å². The van der Waals surface area contributed by atoms with E-state index >= 15 is 0 Å². The van der Waals surface area contributed by atoms with Crippen LogP contribution >= 0.6 is 0 Å². The largest absolute Gasteiger partial charge is 0.377 e. The summed E-state index contributed by atoms with van der Waals surface area (Å²) in [5.41, 5.74) is 0.565. The van der Waals surface area contributed by atoms with Crippen LogP contribution < -0.4 is 5.32 Å². The lowest BCUT2D eigenvalue weighted by atomic mass is 10.2. The number of ether oxygens (including phenoxy) is 2. The molecule has 0 spiro atoms. The molecule has 1 saturated heterocycles. The van der Waals surface area contributed by atoms with Crippen LogP contribution in [0, 0.1) is 11.3 Å². The van der Waals surface area contributed by atoms with Gasteiger partial charge >= 0.3 is 0 Å². The van der Waals surface area contributed by atoms with E-state index in [2.05, 4.69) is 10.3 Å². The number of nitrogens with zero attached hydrogens (tertiary/aromatic N) is 2. The molecular formula is C13H17N3O2. The van der Waals surface area contributed by atoms with Crippen molar-refractivity contribution >= 4 is 5.82 Å². The Morgan fingerprint density at radius 2 is 2.50 bits per heavy atom. The van der Waals surface area contributed by atoms with E-state index in [-0.39, 0.29) is 6.10 Å². The molecule has 0 bridgehead atoms. The standard InChI is InChI=1S/C13H17N3O2/c14-8-11-3-4-13(16-9-11)15-5-7-17-10-12-2-1-6-18-12/h3-4,9,12H,1-2,5-7,10H2,(H,15,16). The fourth-order valence-electron chi connectivity index (χ4n) is 1.81. The van der Waals surface area contributed by atoms with Crippen LogP contribution in [-0.2, 0) is 9.47 Å². The van der Waals surface area contributed by atoms with Crippen molar-refractivity contribution in [3.05, 3.63) is 23.9 Å². The summed E-state index contributed by atoms with van der Waals surface area (Å²) in [6.07, 6.45) is 4.07. The average Bonchev–Trinajstić information content (AvgIpc) is 2.92. The predicted molar refractivity (Wildman–Crippen MR) is 67.2 cm³/mol. The van der Waals surface area contributed by atoms with E-state index in [9.17, 15) is 0 Å². The minimum Gasteiger partial charge on any atom is -0.377 e. The van der Waals surface area contributed by atoms with Gasteiger partial charge in [-0.25, -0.2) is 4.98 Å². The highest BCUT2D eigenvalue weighted by atomic mass is 16.5. The molecule has 2 rings (SSSR count). The Bertz CT molecular complexity index is 394. The Morgan fingerprint density at radius 3 is 3.17 bits per heavy atom. The molecule has 0 radical (unpaired) electrons. The van der Waals surface area contributed by atoms with E-state index in [1.807, 2.05) is 6.07 Å². The molecule has 5 nitrogen and oxygen atoms in total. The summed E-state index contributed by atoms with van der Waals surface area (Å²) in [6, 6.07) is 5.56. The van der Waals surface area contributed by atoms with Gasteiger partial charge in [0, 0.05) is 19.3 Å². The van der Waals surface area contributed by atoms with Crippen molar-refractivity contribution in [3.8, 4) is 6.07 Å². The van der Waals surface area contributed by atoms with E-state index in [1.54, 1.807) is 18.3 Å². The molecule has 18 heavy (non-hydrogen) atoms. The molecule has 2 heterocycles. The number of hydrogen-bond donors (Lipinski definition) is 1. The van der Waals surface area contributed by atoms with Crippen LogP contribution in [0.4, 0.5) is 5.82 Å². The molecule has 1 aliphatic rings. The van der Waals surface area contributed by atoms with Gasteiger partial charge in [-0.3, -0.25) is 0 Å². The van der Waals surface area contributed by atoms with Crippen molar-refractivity contribution in [3.63, 3.8) is 0 Å². The van der Waals surface area contributed by atoms with E-state index in [4.69, 9.17) is 14.7 Å². The van der Waals surface area contributed by atoms with Gasteiger partial charge in [-0.2, -0.15) is 5.26 Å². The number of nitrogens with one attached hydrogen (secondary N) is 1. The maximum absolute atomic E-state index is 8.64. The summed E-state index contributed by atoms with van der Waals surface area (Å²) in [5.74, 6) is 0.759. The van der Waals surface area contributed by atoms with Gasteiger partial charge in [0.15, 0.2) is 0 Å². The number of pyridine rings is 1. The zero-order valence-corrected chi connectivity index (χ0v) is 10.3. The molecule has 1 unspecified atom stereocenters. The van der Waals surface area contributed by atoms with Gasteiger partial charge in [0.25, 0.3) is 0 Å². The maximum atomic E-state index is 8.64. The molecule has 1 aromatic rings. The molecule has 0 amide bonds. The first kappa shape index (κ1) is 12.8. The van der Waals surface area contributed by atoms with Gasteiger partial charge in [-0.05, 0) is 25.0 Å². The van der Waals surface area contributed by atoms with E-state index in [1.165, 1.54) is 0 Å². The fraction of sp³-hybridized carbons (Fsp3) is 0.538. The molecule has 5 heteroatoms. The highest BCUT2D eigenvalue weighted by molar-refractivity contribution is 5.38. The summed E-state index contributed by atoms with van der Waals surface area (Å²) in [5, 5.41) is 11.8. The Kier molecular flexibility index (Phi) is 4.94. The lowest BCUT2D eigenvalue weighted by Crippen LogP contribution is -2.18. The van der Waals surface area contributed by atoms with Gasteiger partial charge in [0.2, 0.25) is 0 Å². The topological polar surface area (TPSA) is 67.2 Å². The third-order valence-electron chi connectivity index (χ3n) is 2.77. The highest BCUT2D eigenvalue weighted by Gasteiger charge is 2.14. The molecular weight excluding hydrogens is 230 g/mol. The summed E-state index contributed by atoms with van der Waals surface area (Å²) >= 11 is 0. The Morgan fingerprint density at radius 1 is 1.56 bits per heavy atom. The SMILES string of the molecule is N#Cc1ccc(NCCOCC2CCCO2)nc1. The van der Waals surface area contributed by atoms with Crippen LogP contribution in [0.25, 0.3) is 0 Å². The molecule has 1 aromatic heterocycles. The van der Waals surface area contributed by atoms with E-state index in [0.29, 0.717) is 25.3 Å². The zero-order chi connectivity index (χ0) is 12.6. The van der Waals surface area contributed by atoms with Crippen molar-refractivity contribution in [2.45, 2.75) is 18.9 Å². The molecule has 0 aromatic carbocycles. The van der Waals surface area contributed by atoms with Crippen LogP contribution in [0.5, 0.6) is 0 Å². The number of rotatable bonds is 6. The summed E-state index contributed by atoms with van der Waals surface area (Å²) in [7, 11) is 0. The molecule has 1 atom stereocenters. The van der Waals surface area contributed by atoms with E-state index in [0.717, 1.165) is 25.3 Å². The minimum absolute atomic E-state index is 0.276. The zero-order valence-electron chi connectivity index (χ0n) is 10.3. The first-order valence-electron chi connectivity index (χ1n) is 6.18. The van der Waals surface area contributed by atoms with Gasteiger partial charge in [0.1, 0.15) is 11.9 Å². The lowest BCUT2D eigenvalue weighted by molar-refractivity contribution is 0.0206. The van der Waals surface area contributed by atoms with Crippen LogP contribution in [0.15, 0.2) is 18.3 Å². The maximum Gasteiger partial charge on any atom is 0.126 e. The van der Waals surface area contributed by atoms with Crippen LogP contribution in [-0.4, -0.2) is 37.5 Å². The van der Waals surface area contributed by atoms with Crippen molar-refractivity contribution in [1.82, 2.24) is 4.98 Å². The normalized spacial score (nSPS) is 18.5. The minimum atomic E-state index is 0.276. The average molecular weight is 247 g/mol. The van der Waals surface area contributed by atoms with Crippen LogP contribution in [0.3, 0.4) is 0 Å². The highest BCUT2D eigenvalue weighted by Crippen LogP contribution is 2.11. The number of hydrogen-bond acceptors (Lipinski definition) is 5. The summed E-state index contributed by atoms with van der Waals surface area (Å²) in [4.78, 5) is 4.11. The molecule has 1 aliphatic heterocycles. The summed E-state index contributed by atoms with van der Waals surface area (Å²) < 4.78 is 11.0. The molecule has 0 aliphatic carbocycles. The first-order valence-corrected chi connectivity index (χ1v) is 6.18. The molecule has 0 saturated carbocycles. The number of nitriles is 1. The van der Waals surface area contributed by atoms with E-state index < -0.39 is 0 Å². The van der Waals surface area contributed by atoms with Gasteiger partial charge in [-0.1, -0.05) is 0 Å². The van der Waals surface area contributed by atoms with Crippen molar-refractivity contribution in [1.29, 1.82) is 5.26 Å². The first-order chi connectivity index (χ1) is 8.88. The van der Waals surface area contributed by atoms with Gasteiger partial charge in [0.05, 0.1) is 24.9 Å². The molecule has 96 valence electrons. The Balaban J connectivity index is 1.58. The smallest absolute Gasteiger partial charge is 0.126 e. The van der Waals surface area contributed by atoms with Crippen molar-refractivity contribution in [2.75, 3.05) is 31.7 Å². The van der Waals surface area contributed by atoms with Crippen molar-refractivity contribution in [2.24, 2.45) is 0 Å². The third-order valence-corrected chi connectivity index (χ3v) is 2.77. The molecule has 1 N–H and O–H groups in total. The second-order valence-corrected chi connectivity index (χ2v) is 4.18. The van der Waals surface area contributed by atoms with Gasteiger partial charge in [-0.15, -0.1) is 0 Å². The second kappa shape index (κ2) is 6.94. The third kappa shape index (κ3) is 3.99. The van der Waals surface area contributed by atoms with Crippen LogP contribution in [0.2, 0.25) is 0 Å². The van der Waals surface area contributed by atoms with Crippen molar-refractivity contribution < 1.29 is 9.47 Å². The second-order valence-electron chi connectivity index (χ2n) is 4.18. The number of anilines is 1. The summed E-state index contributed by atoms with van der Waals surface area (Å²) in [6.45, 7) is 2.86. The lowest BCUT2D eigenvalue weighted by Gasteiger charge is -2.10. The quantitative estimate of drug-likeness (QED) is 0.773. The predicted octanol–water partition coefficient (Wildman–Crippen LogP) is 1.56. The number of aromatic nitrogens is 1. The molecule has 1 fully saturated rings. The Labute approximate surface area is 107 Å². The Hall–Kier alpha value is -1.64. The monoisotopic (exact) mass is 247 g/mol.